The average Bonchev–Trinajstić information content (AvgIpc) is 3.17. The van der Waals surface area contributed by atoms with Gasteiger partial charge in [-0.05, 0) is 54.7 Å². The molecule has 0 aliphatic carbocycles. The summed E-state index contributed by atoms with van der Waals surface area (Å²) in [6.45, 7) is 0. The number of furan rings is 1. The fraction of sp³-hybridized carbons (Fsp3) is 0. The van der Waals surface area contributed by atoms with Crippen LogP contribution in [0.25, 0.3) is 0 Å². The molecule has 2 aromatic carbocycles. The molecule has 0 aliphatic heterocycles. The summed E-state index contributed by atoms with van der Waals surface area (Å²) in [5, 5.41) is 8.62. The third kappa shape index (κ3) is 4.93. The predicted molar refractivity (Wildman–Crippen MR) is 108 cm³/mol. The minimum Gasteiger partial charge on any atom is -0.459 e. The largest absolute Gasteiger partial charge is 0.459 e. The van der Waals surface area contributed by atoms with Crippen LogP contribution in [0.15, 0.2) is 71.3 Å². The molecule has 0 saturated carbocycles. The quantitative estimate of drug-likeness (QED) is 0.569. The van der Waals surface area contributed by atoms with Gasteiger partial charge in [0.25, 0.3) is 11.8 Å². The van der Waals surface area contributed by atoms with Crippen LogP contribution in [0, 0.1) is 0 Å². The smallest absolute Gasteiger partial charge is 0.293 e. The number of benzene rings is 2. The second-order valence-electron chi connectivity index (χ2n) is 5.40. The molecule has 136 valence electrons. The van der Waals surface area contributed by atoms with Crippen LogP contribution < -0.4 is 16.0 Å². The Morgan fingerprint density at radius 3 is 2.33 bits per heavy atom. The maximum Gasteiger partial charge on any atom is 0.293 e. The van der Waals surface area contributed by atoms with E-state index < -0.39 is 5.91 Å². The van der Waals surface area contributed by atoms with Crippen LogP contribution >= 0.6 is 23.8 Å². The number of hydrogen-bond donors (Lipinski definition) is 3. The van der Waals surface area contributed by atoms with Crippen LogP contribution in [0.5, 0.6) is 0 Å². The van der Waals surface area contributed by atoms with Gasteiger partial charge < -0.3 is 15.1 Å². The van der Waals surface area contributed by atoms with Gasteiger partial charge in [0.15, 0.2) is 10.9 Å². The molecular weight excluding hydrogens is 386 g/mol. The maximum absolute atomic E-state index is 12.3. The molecular formula is C19H14ClN3O3S. The van der Waals surface area contributed by atoms with Crippen LogP contribution in [0.4, 0.5) is 11.4 Å². The molecule has 27 heavy (non-hydrogen) atoms. The van der Waals surface area contributed by atoms with E-state index in [1.54, 1.807) is 54.6 Å². The second kappa shape index (κ2) is 8.48. The van der Waals surface area contributed by atoms with Crippen LogP contribution in [-0.2, 0) is 0 Å². The molecule has 3 rings (SSSR count). The fourth-order valence-electron chi connectivity index (χ4n) is 2.25. The van der Waals surface area contributed by atoms with Gasteiger partial charge >= 0.3 is 0 Å². The summed E-state index contributed by atoms with van der Waals surface area (Å²) in [7, 11) is 0. The van der Waals surface area contributed by atoms with Gasteiger partial charge in [-0.25, -0.2) is 0 Å². The Balaban J connectivity index is 1.63. The zero-order chi connectivity index (χ0) is 19.2. The summed E-state index contributed by atoms with van der Waals surface area (Å²) in [6.07, 6.45) is 1.40. The number of rotatable bonds is 4. The molecule has 0 saturated heterocycles. The Bertz CT molecular complexity index is 989. The van der Waals surface area contributed by atoms with Gasteiger partial charge in [0.1, 0.15) is 0 Å². The second-order valence-corrected chi connectivity index (χ2v) is 6.22. The molecule has 0 atom stereocenters. The summed E-state index contributed by atoms with van der Waals surface area (Å²) in [5.74, 6) is -0.632. The number of thiocarbonyl (C=S) groups is 1. The number of amides is 2. The zero-order valence-electron chi connectivity index (χ0n) is 13.9. The third-order valence-electron chi connectivity index (χ3n) is 3.47. The first-order chi connectivity index (χ1) is 13.0. The molecule has 3 N–H and O–H groups in total. The van der Waals surface area contributed by atoms with E-state index in [4.69, 9.17) is 28.2 Å². The molecule has 0 unspecified atom stereocenters. The summed E-state index contributed by atoms with van der Waals surface area (Å²) in [4.78, 5) is 24.2. The molecule has 0 aliphatic rings. The Kier molecular flexibility index (Phi) is 5.85. The van der Waals surface area contributed by atoms with Crippen LogP contribution in [0.2, 0.25) is 5.02 Å². The first kappa shape index (κ1) is 18.6. The first-order valence-electron chi connectivity index (χ1n) is 7.85. The highest BCUT2D eigenvalue weighted by Gasteiger charge is 2.12. The number of carbonyl (C=O) groups excluding carboxylic acids is 2. The van der Waals surface area contributed by atoms with Crippen molar-refractivity contribution in [1.82, 2.24) is 5.32 Å². The maximum atomic E-state index is 12.3. The van der Waals surface area contributed by atoms with E-state index in [1.165, 1.54) is 12.3 Å². The lowest BCUT2D eigenvalue weighted by Crippen LogP contribution is -2.33. The number of nitrogens with one attached hydrogen (secondary N) is 3. The zero-order valence-corrected chi connectivity index (χ0v) is 15.4. The lowest BCUT2D eigenvalue weighted by molar-refractivity contribution is 0.0950. The van der Waals surface area contributed by atoms with Crippen molar-refractivity contribution in [3.8, 4) is 0 Å². The standard InChI is InChI=1S/C19H14ClN3O3S/c20-15-8-2-1-7-14(15)17(24)21-12-5-3-6-13(11-12)22-19(27)23-18(25)16-9-4-10-26-16/h1-11H,(H,21,24)(H2,22,23,25,27). The SMILES string of the molecule is O=C(NC(=S)Nc1cccc(NC(=O)c2ccccc2Cl)c1)c1ccco1. The molecule has 0 spiro atoms. The average molecular weight is 400 g/mol. The van der Waals surface area contributed by atoms with Gasteiger partial charge in [0.2, 0.25) is 0 Å². The number of carbonyl (C=O) groups is 2. The molecule has 3 aromatic rings. The summed E-state index contributed by atoms with van der Waals surface area (Å²) >= 11 is 11.2. The van der Waals surface area contributed by atoms with Gasteiger partial charge in [0, 0.05) is 11.4 Å². The van der Waals surface area contributed by atoms with E-state index >= 15 is 0 Å². The van der Waals surface area contributed by atoms with Gasteiger partial charge in [0.05, 0.1) is 16.8 Å². The first-order valence-corrected chi connectivity index (χ1v) is 8.63. The van der Waals surface area contributed by atoms with Gasteiger partial charge in [-0.1, -0.05) is 29.8 Å². The van der Waals surface area contributed by atoms with Crippen molar-refractivity contribution in [2.45, 2.75) is 0 Å². The van der Waals surface area contributed by atoms with E-state index in [0.29, 0.717) is 22.0 Å². The summed E-state index contributed by atoms with van der Waals surface area (Å²) in [6, 6.07) is 16.8. The van der Waals surface area contributed by atoms with E-state index in [0.717, 1.165) is 0 Å². The van der Waals surface area contributed by atoms with Gasteiger partial charge in [-0.2, -0.15) is 0 Å². The topological polar surface area (TPSA) is 83.4 Å². The Labute approximate surface area is 165 Å². The Morgan fingerprint density at radius 1 is 0.889 bits per heavy atom. The van der Waals surface area contributed by atoms with Crippen molar-refractivity contribution in [1.29, 1.82) is 0 Å². The van der Waals surface area contributed by atoms with Crippen molar-refractivity contribution in [2.75, 3.05) is 10.6 Å². The minimum absolute atomic E-state index is 0.103. The lowest BCUT2D eigenvalue weighted by Gasteiger charge is -2.11. The van der Waals surface area contributed by atoms with E-state index in [-0.39, 0.29) is 16.8 Å². The van der Waals surface area contributed by atoms with E-state index in [1.807, 2.05) is 0 Å². The molecule has 6 nitrogen and oxygen atoms in total. The minimum atomic E-state index is -0.458. The van der Waals surface area contributed by atoms with Gasteiger partial charge in [-0.3, -0.25) is 14.9 Å². The molecule has 2 amide bonds. The van der Waals surface area contributed by atoms with Gasteiger partial charge in [-0.15, -0.1) is 0 Å². The monoisotopic (exact) mass is 399 g/mol. The highest BCUT2D eigenvalue weighted by Crippen LogP contribution is 2.19. The van der Waals surface area contributed by atoms with Crippen molar-refractivity contribution >= 4 is 52.1 Å². The molecule has 0 bridgehead atoms. The summed E-state index contributed by atoms with van der Waals surface area (Å²) < 4.78 is 5.00. The van der Waals surface area contributed by atoms with Crippen molar-refractivity contribution in [2.24, 2.45) is 0 Å². The normalized spacial score (nSPS) is 10.1. The van der Waals surface area contributed by atoms with Crippen molar-refractivity contribution in [3.63, 3.8) is 0 Å². The van der Waals surface area contributed by atoms with Crippen LogP contribution in [0.3, 0.4) is 0 Å². The molecule has 0 radical (unpaired) electrons. The van der Waals surface area contributed by atoms with E-state index in [9.17, 15) is 9.59 Å². The fourth-order valence-corrected chi connectivity index (χ4v) is 2.69. The third-order valence-corrected chi connectivity index (χ3v) is 4.00. The predicted octanol–water partition coefficient (Wildman–Crippen LogP) is 4.31. The van der Waals surface area contributed by atoms with Crippen molar-refractivity contribution in [3.05, 3.63) is 83.3 Å². The number of hydrogen-bond acceptors (Lipinski definition) is 4. The molecule has 1 aromatic heterocycles. The number of anilines is 2. The highest BCUT2D eigenvalue weighted by atomic mass is 35.5. The molecule has 0 fully saturated rings. The van der Waals surface area contributed by atoms with Crippen LogP contribution in [0.1, 0.15) is 20.9 Å². The molecule has 1 heterocycles. The van der Waals surface area contributed by atoms with Crippen LogP contribution in [-0.4, -0.2) is 16.9 Å². The van der Waals surface area contributed by atoms with E-state index in [2.05, 4.69) is 16.0 Å². The Morgan fingerprint density at radius 2 is 1.63 bits per heavy atom. The lowest BCUT2D eigenvalue weighted by atomic mass is 10.2. The van der Waals surface area contributed by atoms with Crippen molar-refractivity contribution < 1.29 is 14.0 Å². The number of halogens is 1. The highest BCUT2D eigenvalue weighted by molar-refractivity contribution is 7.80. The molecule has 8 heteroatoms. The summed E-state index contributed by atoms with van der Waals surface area (Å²) in [5.41, 5.74) is 1.51. The Hall–Kier alpha value is -3.16.